The van der Waals surface area contributed by atoms with Crippen LogP contribution < -0.4 is 0 Å². The monoisotopic (exact) mass is 786 g/mol. The lowest BCUT2D eigenvalue weighted by molar-refractivity contribution is -0.148. The van der Waals surface area contributed by atoms with E-state index in [0.717, 1.165) is 0 Å². The number of rotatable bonds is 16. The van der Waals surface area contributed by atoms with Gasteiger partial charge in [0, 0.05) is 48.3 Å². The van der Waals surface area contributed by atoms with E-state index in [1.807, 2.05) is 111 Å². The van der Waals surface area contributed by atoms with Crippen LogP contribution in [0.3, 0.4) is 0 Å². The number of methoxy groups -OCH3 is 4. The number of carbonyl (C=O) groups is 4. The maximum Gasteiger partial charge on any atom is 0.342 e. The van der Waals surface area contributed by atoms with Gasteiger partial charge < -0.3 is 18.9 Å². The SMILES string of the molecule is COC(=O)C1=C(C(=O)OC)P(N(C(C)C)C(C)C)(N(C(C)C)C(C)C)=NC2=NP(N(C(C)C)C(C)C)(N(C(C)C)C(C)C)=C(C(=O)OC)C21C(=O)OC. The minimum Gasteiger partial charge on any atom is -0.468 e. The summed E-state index contributed by atoms with van der Waals surface area (Å²) in [6, 6.07) is -1.92. The van der Waals surface area contributed by atoms with Crippen LogP contribution in [0.15, 0.2) is 20.4 Å². The van der Waals surface area contributed by atoms with E-state index >= 15 is 4.79 Å². The van der Waals surface area contributed by atoms with Gasteiger partial charge >= 0.3 is 23.9 Å². The van der Waals surface area contributed by atoms with Crippen molar-refractivity contribution in [2.45, 2.75) is 159 Å². The average molecular weight is 787 g/mol. The van der Waals surface area contributed by atoms with Gasteiger partial charge in [-0.2, -0.15) is 0 Å². The zero-order valence-electron chi connectivity index (χ0n) is 36.0. The topological polar surface area (TPSA) is 143 Å². The fourth-order valence-electron chi connectivity index (χ4n) is 8.78. The standard InChI is InChI=1S/C37H68N6O8P2/c1-21(2)40(22(3)4)52(41(23(5)6)24(7)8)30(33(45)49-18)29(32(44)48-17)37(36(47)51-20)31(34(46)50-19)53(39-35(37)38-52,42(25(9)10)26(11)12)43(27(13)14)28(15)16/h21-28H,1-20H3. The number of hydrogen-bond donors (Lipinski definition) is 0. The van der Waals surface area contributed by atoms with Gasteiger partial charge in [0.1, 0.15) is 25.3 Å². The smallest absolute Gasteiger partial charge is 0.342 e. The number of nitrogens with zero attached hydrogens (tertiary/aromatic N) is 6. The maximum absolute atomic E-state index is 15.2. The molecule has 2 heterocycles. The van der Waals surface area contributed by atoms with Gasteiger partial charge in [-0.1, -0.05) is 0 Å². The summed E-state index contributed by atoms with van der Waals surface area (Å²) in [5.74, 6) is -3.86. The summed E-state index contributed by atoms with van der Waals surface area (Å²) in [7, 11) is -2.57. The molecule has 304 valence electrons. The zero-order valence-corrected chi connectivity index (χ0v) is 37.8. The largest absolute Gasteiger partial charge is 0.468 e. The maximum atomic E-state index is 15.2. The number of carbonyl (C=O) groups excluding carboxylic acids is 4. The molecule has 0 radical (unpaired) electrons. The Balaban J connectivity index is 4.03. The molecule has 0 bridgehead atoms. The number of amidine groups is 1. The van der Waals surface area contributed by atoms with Crippen molar-refractivity contribution < 1.29 is 38.1 Å². The third kappa shape index (κ3) is 7.38. The quantitative estimate of drug-likeness (QED) is 0.0924. The highest BCUT2D eigenvalue weighted by molar-refractivity contribution is 7.74. The first-order valence-electron chi connectivity index (χ1n) is 18.7. The number of ether oxygens (including phenoxy) is 4. The molecular weight excluding hydrogens is 718 g/mol. The molecule has 0 aromatic heterocycles. The summed E-state index contributed by atoms with van der Waals surface area (Å²) < 4.78 is 42.3. The van der Waals surface area contributed by atoms with Crippen LogP contribution >= 0.6 is 14.7 Å². The molecule has 1 unspecified atom stereocenters. The summed E-state index contributed by atoms with van der Waals surface area (Å²) in [6.45, 7) is 32.1. The Bertz CT molecular complexity index is 1520. The minimum absolute atomic E-state index is 0.0883. The highest BCUT2D eigenvalue weighted by atomic mass is 31.2. The van der Waals surface area contributed by atoms with Gasteiger partial charge in [-0.05, 0) is 111 Å². The molecule has 16 heteroatoms. The van der Waals surface area contributed by atoms with Crippen LogP contribution in [0.4, 0.5) is 0 Å². The normalized spacial score (nSPS) is 19.9. The van der Waals surface area contributed by atoms with Gasteiger partial charge in [-0.3, -0.25) is 4.79 Å². The average Bonchev–Trinajstić information content (AvgIpc) is 3.31. The van der Waals surface area contributed by atoms with Crippen LogP contribution in [0.25, 0.3) is 0 Å². The first-order valence-corrected chi connectivity index (χ1v) is 22.0. The molecule has 0 saturated carbocycles. The van der Waals surface area contributed by atoms with Crippen LogP contribution in [-0.4, -0.2) is 130 Å². The first kappa shape index (κ1) is 46.8. The van der Waals surface area contributed by atoms with Crippen molar-refractivity contribution in [3.05, 3.63) is 10.9 Å². The van der Waals surface area contributed by atoms with Crippen molar-refractivity contribution in [3.8, 4) is 0 Å². The molecule has 0 amide bonds. The Kier molecular flexibility index (Phi) is 15.6. The molecule has 2 aliphatic heterocycles. The lowest BCUT2D eigenvalue weighted by atomic mass is 9.75. The van der Waals surface area contributed by atoms with Gasteiger partial charge in [0.2, 0.25) is 0 Å². The van der Waals surface area contributed by atoms with Crippen molar-refractivity contribution in [3.63, 3.8) is 0 Å². The van der Waals surface area contributed by atoms with Crippen LogP contribution in [0.5, 0.6) is 0 Å². The Morgan fingerprint density at radius 3 is 1.13 bits per heavy atom. The van der Waals surface area contributed by atoms with Gasteiger partial charge in [-0.15, -0.1) is 0 Å². The van der Waals surface area contributed by atoms with E-state index in [9.17, 15) is 14.4 Å². The lowest BCUT2D eigenvalue weighted by Crippen LogP contribution is -2.57. The van der Waals surface area contributed by atoms with Crippen molar-refractivity contribution in [2.75, 3.05) is 28.4 Å². The molecule has 0 fully saturated rings. The molecule has 0 aromatic rings. The fraction of sp³-hybridized carbons (Fsp3) is 0.784. The predicted octanol–water partition coefficient (Wildman–Crippen LogP) is 6.79. The second-order valence-electron chi connectivity index (χ2n) is 15.7. The molecule has 0 spiro atoms. The summed E-state index contributed by atoms with van der Waals surface area (Å²) in [4.78, 5) is 59.9. The zero-order chi connectivity index (χ0) is 41.3. The molecule has 2 aliphatic rings. The van der Waals surface area contributed by atoms with Gasteiger partial charge in [0.05, 0.1) is 34.0 Å². The number of esters is 4. The second kappa shape index (κ2) is 17.6. The van der Waals surface area contributed by atoms with Crippen LogP contribution in [0.1, 0.15) is 111 Å². The van der Waals surface area contributed by atoms with E-state index in [-0.39, 0.29) is 70.4 Å². The highest BCUT2D eigenvalue weighted by Gasteiger charge is 2.71. The number of hydrogen-bond acceptors (Lipinski definition) is 14. The van der Waals surface area contributed by atoms with E-state index in [2.05, 4.69) is 18.7 Å². The number of fused-ring (bicyclic) bond motifs is 1. The van der Waals surface area contributed by atoms with Crippen LogP contribution in [-0.2, 0) is 38.1 Å². The Morgan fingerprint density at radius 1 is 0.509 bits per heavy atom. The van der Waals surface area contributed by atoms with Crippen molar-refractivity contribution in [1.82, 2.24) is 18.7 Å². The van der Waals surface area contributed by atoms with E-state index in [0.29, 0.717) is 0 Å². The molecule has 1 atom stereocenters. The highest BCUT2D eigenvalue weighted by Crippen LogP contribution is 2.76. The third-order valence-corrected chi connectivity index (χ3v) is 18.9. The van der Waals surface area contributed by atoms with Crippen LogP contribution in [0.2, 0.25) is 0 Å². The van der Waals surface area contributed by atoms with Crippen molar-refractivity contribution in [1.29, 1.82) is 0 Å². The van der Waals surface area contributed by atoms with E-state index in [1.54, 1.807) is 0 Å². The second-order valence-corrected chi connectivity index (χ2v) is 21.1. The fourth-order valence-corrected chi connectivity index (χ4v) is 18.9. The Morgan fingerprint density at radius 2 is 0.849 bits per heavy atom. The molecular formula is C37H68N6O8P2. The first-order chi connectivity index (χ1) is 24.4. The molecule has 0 aromatic carbocycles. The minimum atomic E-state index is -3.71. The molecule has 0 saturated heterocycles. The predicted molar refractivity (Wildman–Crippen MR) is 215 cm³/mol. The summed E-state index contributed by atoms with van der Waals surface area (Å²) in [5, 5.41) is -0.271. The van der Waals surface area contributed by atoms with Gasteiger partial charge in [0.25, 0.3) is 0 Å². The molecule has 53 heavy (non-hydrogen) atoms. The van der Waals surface area contributed by atoms with Gasteiger partial charge in [0.15, 0.2) is 11.3 Å². The van der Waals surface area contributed by atoms with E-state index in [1.165, 1.54) is 28.4 Å². The molecule has 0 N–H and O–H groups in total. The van der Waals surface area contributed by atoms with Crippen molar-refractivity contribution in [2.24, 2.45) is 14.9 Å². The van der Waals surface area contributed by atoms with E-state index in [4.69, 9.17) is 28.5 Å². The molecule has 14 nitrogen and oxygen atoms in total. The molecule has 0 aliphatic carbocycles. The van der Waals surface area contributed by atoms with Crippen LogP contribution in [0, 0.1) is 5.41 Å². The van der Waals surface area contributed by atoms with Crippen molar-refractivity contribution >= 4 is 49.7 Å². The summed E-state index contributed by atoms with van der Waals surface area (Å²) in [5.41, 5.74) is -2.83. The third-order valence-electron chi connectivity index (χ3n) is 9.53. The Hall–Kier alpha value is -2.34. The van der Waals surface area contributed by atoms with Gasteiger partial charge in [-0.25, -0.2) is 42.6 Å². The Labute approximate surface area is 319 Å². The van der Waals surface area contributed by atoms with E-state index < -0.39 is 44.0 Å². The summed E-state index contributed by atoms with van der Waals surface area (Å²) >= 11 is 0. The molecule has 2 rings (SSSR count). The lowest BCUT2D eigenvalue weighted by Gasteiger charge is -2.53. The summed E-state index contributed by atoms with van der Waals surface area (Å²) in [6.07, 6.45) is 0.